The Bertz CT molecular complexity index is 931. The summed E-state index contributed by atoms with van der Waals surface area (Å²) in [6, 6.07) is 16.7. The summed E-state index contributed by atoms with van der Waals surface area (Å²) in [6.07, 6.45) is 3.46. The molecular weight excluding hydrogens is 298 g/mol. The molecule has 0 saturated heterocycles. The van der Waals surface area contributed by atoms with E-state index in [1.807, 2.05) is 24.3 Å². The number of hydrogen-bond donors (Lipinski definition) is 1. The second-order valence-corrected chi connectivity index (χ2v) is 6.55. The summed E-state index contributed by atoms with van der Waals surface area (Å²) in [4.78, 5) is 22.1. The first kappa shape index (κ1) is 15.1. The van der Waals surface area contributed by atoms with Gasteiger partial charge in [-0.15, -0.1) is 0 Å². The third kappa shape index (κ3) is 2.74. The number of para-hydroxylation sites is 2. The molecule has 2 aromatic carbocycles. The fourth-order valence-corrected chi connectivity index (χ4v) is 3.71. The Morgan fingerprint density at radius 2 is 1.96 bits per heavy atom. The molecule has 0 aliphatic heterocycles. The van der Waals surface area contributed by atoms with E-state index in [4.69, 9.17) is 0 Å². The van der Waals surface area contributed by atoms with Crippen molar-refractivity contribution in [3.05, 3.63) is 75.7 Å². The summed E-state index contributed by atoms with van der Waals surface area (Å²) in [6.45, 7) is 0.555. The van der Waals surface area contributed by atoms with E-state index in [-0.39, 0.29) is 5.56 Å². The maximum atomic E-state index is 12.4. The molecule has 4 nitrogen and oxygen atoms in total. The number of aromatic amines is 1. The zero-order valence-corrected chi connectivity index (χ0v) is 13.8. The van der Waals surface area contributed by atoms with Crippen LogP contribution in [0.4, 0.5) is 0 Å². The summed E-state index contributed by atoms with van der Waals surface area (Å²) in [5.41, 5.74) is 4.94. The zero-order valence-electron chi connectivity index (χ0n) is 13.8. The molecule has 0 bridgehead atoms. The first-order valence-corrected chi connectivity index (χ1v) is 8.48. The van der Waals surface area contributed by atoms with Gasteiger partial charge in [0.1, 0.15) is 5.69 Å². The highest BCUT2D eigenvalue weighted by Crippen LogP contribution is 2.33. The van der Waals surface area contributed by atoms with Gasteiger partial charge in [0.05, 0.1) is 11.0 Å². The number of nitrogens with zero attached hydrogens (tertiary/aromatic N) is 2. The number of nitrogens with one attached hydrogen (secondary N) is 1. The average Bonchev–Trinajstić information content (AvgIpc) is 2.62. The van der Waals surface area contributed by atoms with Crippen molar-refractivity contribution in [3.63, 3.8) is 0 Å². The van der Waals surface area contributed by atoms with Gasteiger partial charge in [0, 0.05) is 12.6 Å². The van der Waals surface area contributed by atoms with Gasteiger partial charge in [0.15, 0.2) is 0 Å². The highest BCUT2D eigenvalue weighted by atomic mass is 16.1. The molecule has 122 valence electrons. The Balaban J connectivity index is 1.64. The van der Waals surface area contributed by atoms with Gasteiger partial charge in [0.25, 0.3) is 5.56 Å². The Morgan fingerprint density at radius 1 is 1.17 bits per heavy atom. The van der Waals surface area contributed by atoms with Crippen LogP contribution in [0, 0.1) is 0 Å². The minimum absolute atomic E-state index is 0.0929. The molecule has 1 aliphatic rings. The van der Waals surface area contributed by atoms with Crippen molar-refractivity contribution in [3.8, 4) is 0 Å². The fraction of sp³-hybridized carbons (Fsp3) is 0.300. The van der Waals surface area contributed by atoms with E-state index in [1.165, 1.54) is 17.5 Å². The highest BCUT2D eigenvalue weighted by Gasteiger charge is 2.24. The van der Waals surface area contributed by atoms with Gasteiger partial charge < -0.3 is 4.98 Å². The summed E-state index contributed by atoms with van der Waals surface area (Å²) in [5, 5.41) is 0. The van der Waals surface area contributed by atoms with Crippen LogP contribution in [-0.4, -0.2) is 21.9 Å². The Hall–Kier alpha value is -2.46. The van der Waals surface area contributed by atoms with E-state index in [2.05, 4.69) is 46.2 Å². The zero-order chi connectivity index (χ0) is 16.5. The van der Waals surface area contributed by atoms with Gasteiger partial charge in [-0.3, -0.25) is 9.69 Å². The van der Waals surface area contributed by atoms with Crippen LogP contribution in [0.3, 0.4) is 0 Å². The van der Waals surface area contributed by atoms with Gasteiger partial charge in [-0.25, -0.2) is 4.98 Å². The molecule has 1 aliphatic carbocycles. The monoisotopic (exact) mass is 319 g/mol. The van der Waals surface area contributed by atoms with Crippen LogP contribution in [0.5, 0.6) is 0 Å². The van der Waals surface area contributed by atoms with Crippen LogP contribution in [0.1, 0.15) is 35.7 Å². The van der Waals surface area contributed by atoms with Crippen LogP contribution in [0.25, 0.3) is 11.0 Å². The molecule has 4 heteroatoms. The van der Waals surface area contributed by atoms with Gasteiger partial charge in [0.2, 0.25) is 0 Å². The highest BCUT2D eigenvalue weighted by molar-refractivity contribution is 5.73. The van der Waals surface area contributed by atoms with Crippen molar-refractivity contribution in [2.24, 2.45) is 0 Å². The van der Waals surface area contributed by atoms with E-state index < -0.39 is 0 Å². The molecule has 1 atom stereocenters. The first-order valence-electron chi connectivity index (χ1n) is 8.48. The second-order valence-electron chi connectivity index (χ2n) is 6.55. The normalized spacial score (nSPS) is 17.2. The summed E-state index contributed by atoms with van der Waals surface area (Å²) in [5.74, 6) is 0. The Labute approximate surface area is 141 Å². The van der Waals surface area contributed by atoms with E-state index in [0.717, 1.165) is 23.9 Å². The molecular formula is C20H21N3O. The van der Waals surface area contributed by atoms with Crippen molar-refractivity contribution < 1.29 is 0 Å². The number of aryl methyl sites for hydroxylation is 1. The molecule has 1 unspecified atom stereocenters. The van der Waals surface area contributed by atoms with Crippen LogP contribution in [0.15, 0.2) is 53.3 Å². The van der Waals surface area contributed by atoms with Crippen LogP contribution < -0.4 is 5.56 Å². The number of benzene rings is 2. The maximum Gasteiger partial charge on any atom is 0.271 e. The molecule has 1 aromatic heterocycles. The minimum atomic E-state index is -0.0929. The lowest BCUT2D eigenvalue weighted by Gasteiger charge is -2.33. The van der Waals surface area contributed by atoms with Crippen LogP contribution in [-0.2, 0) is 13.0 Å². The smallest absolute Gasteiger partial charge is 0.271 e. The van der Waals surface area contributed by atoms with E-state index in [0.29, 0.717) is 18.3 Å². The Morgan fingerprint density at radius 3 is 2.88 bits per heavy atom. The molecule has 4 rings (SSSR count). The molecule has 1 heterocycles. The Kier molecular flexibility index (Phi) is 3.90. The first-order chi connectivity index (χ1) is 11.7. The summed E-state index contributed by atoms with van der Waals surface area (Å²) < 4.78 is 0. The SMILES string of the molecule is CN(Cc1nc2ccccc2[nH]c1=O)C1CCCc2ccccc21. The van der Waals surface area contributed by atoms with Crippen molar-refractivity contribution >= 4 is 11.0 Å². The van der Waals surface area contributed by atoms with Crippen molar-refractivity contribution in [1.29, 1.82) is 0 Å². The predicted octanol–water partition coefficient (Wildman–Crippen LogP) is 3.43. The lowest BCUT2D eigenvalue weighted by molar-refractivity contribution is 0.210. The molecule has 0 radical (unpaired) electrons. The van der Waals surface area contributed by atoms with E-state index in [9.17, 15) is 4.79 Å². The van der Waals surface area contributed by atoms with Crippen molar-refractivity contribution in [1.82, 2.24) is 14.9 Å². The topological polar surface area (TPSA) is 49.0 Å². The maximum absolute atomic E-state index is 12.4. The third-order valence-corrected chi connectivity index (χ3v) is 4.94. The number of rotatable bonds is 3. The molecule has 24 heavy (non-hydrogen) atoms. The fourth-order valence-electron chi connectivity index (χ4n) is 3.71. The number of H-pyrrole nitrogens is 1. The molecule has 0 amide bonds. The second kappa shape index (κ2) is 6.21. The van der Waals surface area contributed by atoms with Crippen LogP contribution >= 0.6 is 0 Å². The van der Waals surface area contributed by atoms with Crippen LogP contribution in [0.2, 0.25) is 0 Å². The molecule has 3 aromatic rings. The van der Waals surface area contributed by atoms with Gasteiger partial charge in [-0.05, 0) is 49.6 Å². The molecule has 1 N–H and O–H groups in total. The third-order valence-electron chi connectivity index (χ3n) is 4.94. The quantitative estimate of drug-likeness (QED) is 0.804. The van der Waals surface area contributed by atoms with Gasteiger partial charge in [-0.2, -0.15) is 0 Å². The standard InChI is InChI=1S/C20H21N3O/c1-23(19-12-6-8-14-7-2-3-9-15(14)19)13-18-20(24)22-17-11-5-4-10-16(17)21-18/h2-5,7,9-11,19H,6,8,12-13H2,1H3,(H,22,24). The molecule has 0 fully saturated rings. The van der Waals surface area contributed by atoms with Gasteiger partial charge in [-0.1, -0.05) is 36.4 Å². The predicted molar refractivity (Wildman–Crippen MR) is 96.0 cm³/mol. The lowest BCUT2D eigenvalue weighted by atomic mass is 9.87. The molecule has 0 spiro atoms. The van der Waals surface area contributed by atoms with E-state index >= 15 is 0 Å². The largest absolute Gasteiger partial charge is 0.319 e. The number of hydrogen-bond acceptors (Lipinski definition) is 3. The summed E-state index contributed by atoms with van der Waals surface area (Å²) in [7, 11) is 2.09. The lowest BCUT2D eigenvalue weighted by Crippen LogP contribution is -2.30. The number of aromatic nitrogens is 2. The molecule has 0 saturated carbocycles. The van der Waals surface area contributed by atoms with Crippen molar-refractivity contribution in [2.75, 3.05) is 7.05 Å². The number of fused-ring (bicyclic) bond motifs is 2. The minimum Gasteiger partial charge on any atom is -0.319 e. The van der Waals surface area contributed by atoms with Gasteiger partial charge >= 0.3 is 0 Å². The summed E-state index contributed by atoms with van der Waals surface area (Å²) >= 11 is 0. The van der Waals surface area contributed by atoms with E-state index in [1.54, 1.807) is 0 Å². The average molecular weight is 319 g/mol. The van der Waals surface area contributed by atoms with Crippen molar-refractivity contribution in [2.45, 2.75) is 31.8 Å².